The average Bonchev–Trinajstić information content (AvgIpc) is 2.92. The minimum Gasteiger partial charge on any atom is -0.391 e. The number of carbonyl (C=O) groups excluding carboxylic acids is 2. The second-order valence-corrected chi connectivity index (χ2v) is 5.88. The first kappa shape index (κ1) is 15.6. The van der Waals surface area contributed by atoms with Gasteiger partial charge < -0.3 is 10.0 Å². The highest BCUT2D eigenvalue weighted by Crippen LogP contribution is 2.33. The Bertz CT molecular complexity index is 659. The molecular weight excluding hydrogens is 301 g/mol. The van der Waals surface area contributed by atoms with Crippen molar-refractivity contribution in [3.05, 3.63) is 35.6 Å². The van der Waals surface area contributed by atoms with Crippen LogP contribution in [0, 0.1) is 5.82 Å². The Morgan fingerprint density at radius 3 is 2.65 bits per heavy atom. The molecule has 2 amide bonds. The number of likely N-dealkylation sites (tertiary alicyclic amines) is 1. The molecule has 2 heterocycles. The van der Waals surface area contributed by atoms with Crippen LogP contribution in [-0.4, -0.2) is 52.2 Å². The van der Waals surface area contributed by atoms with Gasteiger partial charge in [0.25, 0.3) is 5.91 Å². The number of rotatable bonds is 2. The monoisotopic (exact) mass is 319 g/mol. The smallest absolute Gasteiger partial charge is 0.270 e. The molecule has 3 rings (SSSR count). The van der Waals surface area contributed by atoms with Crippen LogP contribution in [0.3, 0.4) is 0 Å². The van der Waals surface area contributed by atoms with Crippen LogP contribution in [0.5, 0.6) is 0 Å². The Morgan fingerprint density at radius 2 is 2.00 bits per heavy atom. The maximum atomic E-state index is 13.1. The number of halogens is 1. The predicted molar refractivity (Wildman–Crippen MR) is 80.9 cm³/mol. The fourth-order valence-electron chi connectivity index (χ4n) is 3.03. The lowest BCUT2D eigenvalue weighted by atomic mass is 10.0. The number of hydrogen-bond acceptors (Lipinski definition) is 4. The Labute approximate surface area is 133 Å². The number of nitrogens with zero attached hydrogens (tertiary/aromatic N) is 3. The van der Waals surface area contributed by atoms with Crippen molar-refractivity contribution in [1.29, 1.82) is 0 Å². The van der Waals surface area contributed by atoms with E-state index in [0.717, 1.165) is 5.56 Å². The maximum Gasteiger partial charge on any atom is 0.270 e. The van der Waals surface area contributed by atoms with E-state index in [1.165, 1.54) is 24.2 Å². The zero-order chi connectivity index (χ0) is 16.6. The summed E-state index contributed by atoms with van der Waals surface area (Å²) in [6.07, 6.45) is 0.320. The number of β-amino-alcohol motifs (C(OH)–C–C–N with tert-alkyl or cyclic N) is 1. The predicted octanol–water partition coefficient (Wildman–Crippen LogP) is 1.07. The third-order valence-electron chi connectivity index (χ3n) is 4.25. The highest BCUT2D eigenvalue weighted by atomic mass is 19.1. The van der Waals surface area contributed by atoms with Crippen LogP contribution in [0.15, 0.2) is 29.4 Å². The second kappa shape index (κ2) is 6.08. The molecule has 0 radical (unpaired) electrons. The Hall–Kier alpha value is -2.28. The maximum absolute atomic E-state index is 13.1. The topological polar surface area (TPSA) is 73.2 Å². The van der Waals surface area contributed by atoms with Crippen molar-refractivity contribution >= 4 is 17.5 Å². The molecule has 1 saturated heterocycles. The molecule has 0 spiro atoms. The molecule has 2 unspecified atom stereocenters. The summed E-state index contributed by atoms with van der Waals surface area (Å²) in [4.78, 5) is 25.7. The SMILES string of the molecule is CN1N=C(C(=O)N2CC(O)CC2c2ccc(F)cc2)CCC1=O. The number of carbonyl (C=O) groups is 2. The van der Waals surface area contributed by atoms with Crippen molar-refractivity contribution < 1.29 is 19.1 Å². The highest BCUT2D eigenvalue weighted by Gasteiger charge is 2.38. The van der Waals surface area contributed by atoms with E-state index < -0.39 is 6.10 Å². The lowest BCUT2D eigenvalue weighted by Crippen LogP contribution is -2.40. The Morgan fingerprint density at radius 1 is 1.30 bits per heavy atom. The van der Waals surface area contributed by atoms with E-state index in [1.54, 1.807) is 17.0 Å². The van der Waals surface area contributed by atoms with Crippen molar-refractivity contribution in [2.75, 3.05) is 13.6 Å². The summed E-state index contributed by atoms with van der Waals surface area (Å²) in [5.74, 6) is -0.754. The summed E-state index contributed by atoms with van der Waals surface area (Å²) >= 11 is 0. The van der Waals surface area contributed by atoms with Gasteiger partial charge in [-0.05, 0) is 24.1 Å². The van der Waals surface area contributed by atoms with Crippen LogP contribution < -0.4 is 0 Å². The number of aliphatic hydroxyl groups is 1. The summed E-state index contributed by atoms with van der Waals surface area (Å²) in [5.41, 5.74) is 1.09. The van der Waals surface area contributed by atoms with Crippen molar-refractivity contribution in [3.63, 3.8) is 0 Å². The summed E-state index contributed by atoms with van der Waals surface area (Å²) in [5, 5.41) is 15.2. The zero-order valence-corrected chi connectivity index (χ0v) is 12.8. The second-order valence-electron chi connectivity index (χ2n) is 5.88. The third-order valence-corrected chi connectivity index (χ3v) is 4.25. The van der Waals surface area contributed by atoms with Gasteiger partial charge in [-0.25, -0.2) is 9.40 Å². The van der Waals surface area contributed by atoms with Crippen LogP contribution in [0.25, 0.3) is 0 Å². The van der Waals surface area contributed by atoms with Gasteiger partial charge in [-0.15, -0.1) is 0 Å². The molecule has 6 nitrogen and oxygen atoms in total. The normalized spacial score (nSPS) is 24.8. The van der Waals surface area contributed by atoms with Gasteiger partial charge in [-0.3, -0.25) is 9.59 Å². The Kier molecular flexibility index (Phi) is 4.12. The minimum atomic E-state index is -0.627. The first-order valence-electron chi connectivity index (χ1n) is 7.54. The van der Waals surface area contributed by atoms with Gasteiger partial charge in [-0.1, -0.05) is 12.1 Å². The molecular formula is C16H18FN3O3. The van der Waals surface area contributed by atoms with Crippen molar-refractivity contribution in [2.24, 2.45) is 5.10 Å². The van der Waals surface area contributed by atoms with E-state index in [2.05, 4.69) is 5.10 Å². The molecule has 2 aliphatic heterocycles. The van der Waals surface area contributed by atoms with Gasteiger partial charge >= 0.3 is 0 Å². The minimum absolute atomic E-state index is 0.127. The standard InChI is InChI=1S/C16H18FN3O3/c1-19-15(22)7-6-13(18-19)16(23)20-9-12(21)8-14(20)10-2-4-11(17)5-3-10/h2-5,12,14,21H,6-9H2,1H3. The third kappa shape index (κ3) is 3.10. The number of aliphatic hydroxyl groups excluding tert-OH is 1. The number of hydrogen-bond donors (Lipinski definition) is 1. The van der Waals surface area contributed by atoms with Crippen molar-refractivity contribution in [1.82, 2.24) is 9.91 Å². The molecule has 0 bridgehead atoms. The molecule has 1 fully saturated rings. The van der Waals surface area contributed by atoms with E-state index in [9.17, 15) is 19.1 Å². The molecule has 23 heavy (non-hydrogen) atoms. The summed E-state index contributed by atoms with van der Waals surface area (Å²) < 4.78 is 13.1. The highest BCUT2D eigenvalue weighted by molar-refractivity contribution is 6.39. The van der Waals surface area contributed by atoms with Crippen LogP contribution in [0.2, 0.25) is 0 Å². The van der Waals surface area contributed by atoms with Crippen LogP contribution in [0.4, 0.5) is 4.39 Å². The molecule has 2 atom stereocenters. The largest absolute Gasteiger partial charge is 0.391 e. The number of amides is 2. The van der Waals surface area contributed by atoms with E-state index in [1.807, 2.05) is 0 Å². The molecule has 1 aromatic carbocycles. The molecule has 122 valence electrons. The lowest BCUT2D eigenvalue weighted by Gasteiger charge is -2.27. The van der Waals surface area contributed by atoms with Crippen LogP contribution in [0.1, 0.15) is 30.9 Å². The first-order valence-corrected chi connectivity index (χ1v) is 7.54. The summed E-state index contributed by atoms with van der Waals surface area (Å²) in [6.45, 7) is 0.206. The molecule has 7 heteroatoms. The Balaban J connectivity index is 1.85. The quantitative estimate of drug-likeness (QED) is 0.886. The molecule has 0 saturated carbocycles. The van der Waals surface area contributed by atoms with Crippen molar-refractivity contribution in [2.45, 2.75) is 31.4 Å². The van der Waals surface area contributed by atoms with E-state index in [-0.39, 0.29) is 36.6 Å². The van der Waals surface area contributed by atoms with Gasteiger partial charge in [0.05, 0.1) is 12.1 Å². The first-order chi connectivity index (χ1) is 11.0. The number of hydrazone groups is 1. The average molecular weight is 319 g/mol. The lowest BCUT2D eigenvalue weighted by molar-refractivity contribution is -0.130. The molecule has 1 aromatic rings. The van der Waals surface area contributed by atoms with Gasteiger partial charge in [0, 0.05) is 26.4 Å². The van der Waals surface area contributed by atoms with Crippen LogP contribution >= 0.6 is 0 Å². The fraction of sp³-hybridized carbons (Fsp3) is 0.438. The van der Waals surface area contributed by atoms with E-state index in [0.29, 0.717) is 18.6 Å². The summed E-state index contributed by atoms with van der Waals surface area (Å²) in [7, 11) is 1.52. The van der Waals surface area contributed by atoms with E-state index >= 15 is 0 Å². The molecule has 0 aromatic heterocycles. The fourth-order valence-corrected chi connectivity index (χ4v) is 3.03. The van der Waals surface area contributed by atoms with Crippen molar-refractivity contribution in [3.8, 4) is 0 Å². The molecule has 0 aliphatic carbocycles. The van der Waals surface area contributed by atoms with E-state index in [4.69, 9.17) is 0 Å². The van der Waals surface area contributed by atoms with Crippen LogP contribution in [-0.2, 0) is 9.59 Å². The molecule has 2 aliphatic rings. The van der Waals surface area contributed by atoms with Gasteiger partial charge in [0.2, 0.25) is 5.91 Å². The van der Waals surface area contributed by atoms with Gasteiger partial charge in [0.1, 0.15) is 11.5 Å². The molecule has 1 N–H and O–H groups in total. The zero-order valence-electron chi connectivity index (χ0n) is 12.8. The number of benzene rings is 1. The van der Waals surface area contributed by atoms with Gasteiger partial charge in [-0.2, -0.15) is 5.10 Å². The van der Waals surface area contributed by atoms with Gasteiger partial charge in [0.15, 0.2) is 0 Å². The summed E-state index contributed by atoms with van der Waals surface area (Å²) in [6, 6.07) is 5.61.